The van der Waals surface area contributed by atoms with Gasteiger partial charge in [0.2, 0.25) is 0 Å². The minimum absolute atomic E-state index is 0.132. The molecule has 0 saturated carbocycles. The van der Waals surface area contributed by atoms with E-state index in [1.807, 2.05) is 24.3 Å². The molecule has 0 aliphatic rings. The summed E-state index contributed by atoms with van der Waals surface area (Å²) in [5.41, 5.74) is 8.24. The summed E-state index contributed by atoms with van der Waals surface area (Å²) in [6.45, 7) is 5.78. The van der Waals surface area contributed by atoms with Crippen LogP contribution in [0.25, 0.3) is 17.3 Å². The molecule has 0 bridgehead atoms. The fourth-order valence-electron chi connectivity index (χ4n) is 1.86. The third-order valence-electron chi connectivity index (χ3n) is 2.72. The largest absolute Gasteiger partial charge is 0.462 e. The van der Waals surface area contributed by atoms with E-state index in [9.17, 15) is 4.79 Å². The molecule has 1 aromatic heterocycles. The lowest BCUT2D eigenvalue weighted by Gasteiger charge is -2.06. The van der Waals surface area contributed by atoms with E-state index in [-0.39, 0.29) is 18.0 Å². The maximum Gasteiger partial charge on any atom is 0.344 e. The Morgan fingerprint density at radius 3 is 2.95 bits per heavy atom. The number of hydrogen-bond acceptors (Lipinski definition) is 4. The summed E-state index contributed by atoms with van der Waals surface area (Å²) in [5.74, 6) is -0.352. The van der Waals surface area contributed by atoms with Crippen LogP contribution in [0, 0.1) is 0 Å². The summed E-state index contributed by atoms with van der Waals surface area (Å²) < 4.78 is 5.00. The monoisotopic (exact) mass is 257 g/mol. The predicted molar refractivity (Wildman–Crippen MR) is 74.5 cm³/mol. The number of nitrogens with zero attached hydrogens (tertiary/aromatic N) is 1. The van der Waals surface area contributed by atoms with E-state index in [0.717, 1.165) is 11.1 Å². The SMILES string of the molecule is C=Cc1ccccc1-c1[nH]nc(N)c1C(=O)OCC. The van der Waals surface area contributed by atoms with E-state index < -0.39 is 5.97 Å². The van der Waals surface area contributed by atoms with Gasteiger partial charge in [0.15, 0.2) is 5.82 Å². The third-order valence-corrected chi connectivity index (χ3v) is 2.72. The molecule has 0 saturated heterocycles. The van der Waals surface area contributed by atoms with Crippen LogP contribution in [0.3, 0.4) is 0 Å². The summed E-state index contributed by atoms with van der Waals surface area (Å²) in [6.07, 6.45) is 1.71. The Hall–Kier alpha value is -2.56. The summed E-state index contributed by atoms with van der Waals surface area (Å²) >= 11 is 0. The van der Waals surface area contributed by atoms with Crippen molar-refractivity contribution in [2.45, 2.75) is 6.92 Å². The molecule has 0 spiro atoms. The summed E-state index contributed by atoms with van der Waals surface area (Å²) in [5, 5.41) is 6.67. The van der Waals surface area contributed by atoms with Crippen LogP contribution < -0.4 is 5.73 Å². The van der Waals surface area contributed by atoms with Gasteiger partial charge < -0.3 is 10.5 Å². The number of nitrogens with two attached hydrogens (primary N) is 1. The average Bonchev–Trinajstić information content (AvgIpc) is 2.80. The van der Waals surface area contributed by atoms with E-state index in [4.69, 9.17) is 10.5 Å². The number of anilines is 1. The van der Waals surface area contributed by atoms with Gasteiger partial charge in [-0.2, -0.15) is 5.10 Å². The zero-order valence-electron chi connectivity index (χ0n) is 10.6. The second kappa shape index (κ2) is 5.39. The number of carbonyl (C=O) groups excluding carboxylic acids is 1. The molecule has 0 atom stereocenters. The van der Waals surface area contributed by atoms with Gasteiger partial charge in [0.1, 0.15) is 5.56 Å². The highest BCUT2D eigenvalue weighted by molar-refractivity contribution is 6.01. The molecule has 1 heterocycles. The maximum absolute atomic E-state index is 11.9. The summed E-state index contributed by atoms with van der Waals surface area (Å²) in [7, 11) is 0. The molecule has 0 aliphatic heterocycles. The molecule has 0 radical (unpaired) electrons. The van der Waals surface area contributed by atoms with Gasteiger partial charge in [-0.1, -0.05) is 36.9 Å². The van der Waals surface area contributed by atoms with Crippen molar-refractivity contribution in [1.82, 2.24) is 10.2 Å². The number of nitrogens with one attached hydrogen (secondary N) is 1. The van der Waals surface area contributed by atoms with Crippen LogP contribution in [0.15, 0.2) is 30.8 Å². The second-order valence-electron chi connectivity index (χ2n) is 3.87. The highest BCUT2D eigenvalue weighted by atomic mass is 16.5. The number of aromatic nitrogens is 2. The molecule has 1 aromatic carbocycles. The zero-order valence-corrected chi connectivity index (χ0v) is 10.6. The number of aromatic amines is 1. The Labute approximate surface area is 111 Å². The van der Waals surface area contributed by atoms with Crippen molar-refractivity contribution in [3.8, 4) is 11.3 Å². The predicted octanol–water partition coefficient (Wildman–Crippen LogP) is 2.48. The number of rotatable bonds is 4. The quantitative estimate of drug-likeness (QED) is 0.824. The second-order valence-corrected chi connectivity index (χ2v) is 3.87. The maximum atomic E-state index is 11.9. The first-order chi connectivity index (χ1) is 9.19. The van der Waals surface area contributed by atoms with Gasteiger partial charge in [0, 0.05) is 5.56 Å². The molecule has 0 aliphatic carbocycles. The van der Waals surface area contributed by atoms with Crippen LogP contribution in [0.5, 0.6) is 0 Å². The molecular weight excluding hydrogens is 242 g/mol. The van der Waals surface area contributed by atoms with Crippen LogP contribution in [0.4, 0.5) is 5.82 Å². The average molecular weight is 257 g/mol. The van der Waals surface area contributed by atoms with Crippen LogP contribution in [-0.2, 0) is 4.74 Å². The summed E-state index contributed by atoms with van der Waals surface area (Å²) in [6, 6.07) is 7.53. The number of esters is 1. The van der Waals surface area contributed by atoms with Gasteiger partial charge in [0.05, 0.1) is 12.3 Å². The third kappa shape index (κ3) is 2.35. The molecule has 5 heteroatoms. The van der Waals surface area contributed by atoms with Gasteiger partial charge in [-0.15, -0.1) is 0 Å². The standard InChI is InChI=1S/C14H15N3O2/c1-3-9-7-5-6-8-10(9)12-11(13(15)17-16-12)14(18)19-4-2/h3,5-8H,1,4H2,2H3,(H3,15,16,17). The van der Waals surface area contributed by atoms with E-state index in [1.54, 1.807) is 13.0 Å². The number of H-pyrrole nitrogens is 1. The Morgan fingerprint density at radius 1 is 1.53 bits per heavy atom. The van der Waals surface area contributed by atoms with Gasteiger partial charge in [-0.25, -0.2) is 4.79 Å². The van der Waals surface area contributed by atoms with Crippen molar-refractivity contribution in [1.29, 1.82) is 0 Å². The smallest absolute Gasteiger partial charge is 0.344 e. The van der Waals surface area contributed by atoms with Gasteiger partial charge >= 0.3 is 5.97 Å². The number of carbonyl (C=O) groups is 1. The normalized spacial score (nSPS) is 10.2. The first-order valence-electron chi connectivity index (χ1n) is 5.91. The first kappa shape index (κ1) is 12.9. The molecule has 2 aromatic rings. The van der Waals surface area contributed by atoms with Gasteiger partial charge in [-0.05, 0) is 12.5 Å². The number of nitrogen functional groups attached to an aromatic ring is 1. The number of ether oxygens (including phenoxy) is 1. The van der Waals surface area contributed by atoms with Crippen LogP contribution in [0.1, 0.15) is 22.8 Å². The molecule has 5 nitrogen and oxygen atoms in total. The minimum Gasteiger partial charge on any atom is -0.462 e. The summed E-state index contributed by atoms with van der Waals surface area (Å²) in [4.78, 5) is 11.9. The molecule has 2 rings (SSSR count). The molecular formula is C14H15N3O2. The molecule has 98 valence electrons. The van der Waals surface area contributed by atoms with E-state index in [0.29, 0.717) is 5.69 Å². The highest BCUT2D eigenvalue weighted by Crippen LogP contribution is 2.29. The molecule has 0 amide bonds. The van der Waals surface area contributed by atoms with Crippen LogP contribution >= 0.6 is 0 Å². The van der Waals surface area contributed by atoms with Gasteiger partial charge in [-0.3, -0.25) is 5.10 Å². The van der Waals surface area contributed by atoms with Crippen molar-refractivity contribution in [3.05, 3.63) is 42.0 Å². The lowest BCUT2D eigenvalue weighted by atomic mass is 10.0. The fraction of sp³-hybridized carbons (Fsp3) is 0.143. The highest BCUT2D eigenvalue weighted by Gasteiger charge is 2.21. The Kier molecular flexibility index (Phi) is 3.66. The first-order valence-corrected chi connectivity index (χ1v) is 5.91. The molecule has 0 unspecified atom stereocenters. The van der Waals surface area contributed by atoms with Crippen molar-refractivity contribution in [2.75, 3.05) is 12.3 Å². The lowest BCUT2D eigenvalue weighted by molar-refractivity contribution is 0.0528. The van der Waals surface area contributed by atoms with E-state index >= 15 is 0 Å². The van der Waals surface area contributed by atoms with Crippen LogP contribution in [0.2, 0.25) is 0 Å². The minimum atomic E-state index is -0.484. The van der Waals surface area contributed by atoms with Crippen LogP contribution in [-0.4, -0.2) is 22.8 Å². The fourth-order valence-corrected chi connectivity index (χ4v) is 1.86. The lowest BCUT2D eigenvalue weighted by Crippen LogP contribution is -2.08. The molecule has 0 fully saturated rings. The van der Waals surface area contributed by atoms with E-state index in [2.05, 4.69) is 16.8 Å². The van der Waals surface area contributed by atoms with E-state index in [1.165, 1.54) is 0 Å². The Bertz CT molecular complexity index is 617. The Balaban J connectivity index is 2.57. The topological polar surface area (TPSA) is 81.0 Å². The molecule has 19 heavy (non-hydrogen) atoms. The number of hydrogen-bond donors (Lipinski definition) is 2. The van der Waals surface area contributed by atoms with Crippen molar-refractivity contribution >= 4 is 17.9 Å². The molecule has 3 N–H and O–H groups in total. The van der Waals surface area contributed by atoms with Crippen molar-refractivity contribution < 1.29 is 9.53 Å². The zero-order chi connectivity index (χ0) is 13.8. The van der Waals surface area contributed by atoms with Gasteiger partial charge in [0.25, 0.3) is 0 Å². The number of benzene rings is 1. The van der Waals surface area contributed by atoms with Crippen molar-refractivity contribution in [3.63, 3.8) is 0 Å². The van der Waals surface area contributed by atoms with Crippen molar-refractivity contribution in [2.24, 2.45) is 0 Å². The Morgan fingerprint density at radius 2 is 2.26 bits per heavy atom.